The van der Waals surface area contributed by atoms with Crippen molar-refractivity contribution >= 4 is 20.3 Å². The molecule has 1 spiro atoms. The predicted molar refractivity (Wildman–Crippen MR) is 110 cm³/mol. The van der Waals surface area contributed by atoms with Crippen LogP contribution in [0.4, 0.5) is 0 Å². The van der Waals surface area contributed by atoms with E-state index in [1.807, 2.05) is 6.92 Å². The number of carbonyl (C=O) groups excluding carboxylic acids is 2. The lowest BCUT2D eigenvalue weighted by molar-refractivity contribution is -0.161. The molecule has 0 N–H and O–H groups in total. The molecule has 4 fully saturated rings. The molecular formula is C23H32O5Si. The monoisotopic (exact) mass is 416 g/mol. The van der Waals surface area contributed by atoms with Crippen LogP contribution in [0.1, 0.15) is 32.6 Å². The quantitative estimate of drug-likeness (QED) is 0.397. The van der Waals surface area contributed by atoms with Crippen molar-refractivity contribution in [2.75, 3.05) is 7.11 Å². The highest BCUT2D eigenvalue weighted by molar-refractivity contribution is 6.69. The predicted octanol–water partition coefficient (Wildman–Crippen LogP) is 3.86. The van der Waals surface area contributed by atoms with Gasteiger partial charge in [0, 0.05) is 17.8 Å². The van der Waals surface area contributed by atoms with Crippen molar-refractivity contribution in [3.05, 3.63) is 24.3 Å². The lowest BCUT2D eigenvalue weighted by Crippen LogP contribution is -2.49. The Hall–Kier alpha value is -1.40. The van der Waals surface area contributed by atoms with Crippen LogP contribution in [0, 0.1) is 34.5 Å². The molecule has 0 amide bonds. The number of hydrogen-bond donors (Lipinski definition) is 0. The van der Waals surface area contributed by atoms with E-state index in [1.165, 1.54) is 12.7 Å². The highest BCUT2D eigenvalue weighted by atomic mass is 28.4. The Labute approximate surface area is 174 Å². The molecule has 0 aromatic rings. The molecule has 6 heteroatoms. The van der Waals surface area contributed by atoms with Gasteiger partial charge in [-0.25, -0.2) is 0 Å². The Balaban J connectivity index is 1.68. The molecule has 5 rings (SSSR count). The number of rotatable bonds is 3. The molecule has 29 heavy (non-hydrogen) atoms. The number of carbonyl (C=O) groups is 2. The van der Waals surface area contributed by atoms with Crippen LogP contribution in [0.5, 0.6) is 0 Å². The molecule has 5 aliphatic rings. The molecule has 5 nitrogen and oxygen atoms in total. The normalized spacial score (nSPS) is 49.6. The Kier molecular flexibility index (Phi) is 3.80. The van der Waals surface area contributed by atoms with Gasteiger partial charge in [-0.05, 0) is 63.7 Å². The van der Waals surface area contributed by atoms with Gasteiger partial charge in [0.15, 0.2) is 8.32 Å². The van der Waals surface area contributed by atoms with Crippen LogP contribution in [-0.4, -0.2) is 39.1 Å². The molecule has 2 unspecified atom stereocenters. The van der Waals surface area contributed by atoms with E-state index in [2.05, 4.69) is 38.4 Å². The van der Waals surface area contributed by atoms with Crippen molar-refractivity contribution in [1.29, 1.82) is 0 Å². The fraction of sp³-hybridized carbons (Fsp3) is 0.739. The molecule has 0 radical (unpaired) electrons. The van der Waals surface area contributed by atoms with E-state index in [9.17, 15) is 9.59 Å². The Morgan fingerprint density at radius 2 is 2.07 bits per heavy atom. The summed E-state index contributed by atoms with van der Waals surface area (Å²) < 4.78 is 18.2. The molecule has 4 aliphatic carbocycles. The second-order valence-electron chi connectivity index (χ2n) is 11.2. The fourth-order valence-electron chi connectivity index (χ4n) is 7.81. The number of methoxy groups -OCH3 is 1. The molecule has 3 saturated carbocycles. The first-order chi connectivity index (χ1) is 13.5. The molecule has 8 atom stereocenters. The van der Waals surface area contributed by atoms with Crippen LogP contribution in [0.2, 0.25) is 19.6 Å². The fourth-order valence-corrected chi connectivity index (χ4v) is 8.97. The summed E-state index contributed by atoms with van der Waals surface area (Å²) in [5, 5.41) is 0. The van der Waals surface area contributed by atoms with Gasteiger partial charge < -0.3 is 13.9 Å². The van der Waals surface area contributed by atoms with Crippen molar-refractivity contribution < 1.29 is 23.5 Å². The zero-order valence-corrected chi connectivity index (χ0v) is 19.1. The number of ether oxygens (including phenoxy) is 2. The van der Waals surface area contributed by atoms with Crippen LogP contribution >= 0.6 is 0 Å². The third-order valence-corrected chi connectivity index (χ3v) is 9.59. The maximum Gasteiger partial charge on any atom is 0.313 e. The van der Waals surface area contributed by atoms with Crippen molar-refractivity contribution in [3.8, 4) is 0 Å². The largest absolute Gasteiger partial charge is 0.469 e. The maximum absolute atomic E-state index is 13.2. The summed E-state index contributed by atoms with van der Waals surface area (Å²) >= 11 is 0. The second-order valence-corrected chi connectivity index (χ2v) is 15.6. The first-order valence-electron chi connectivity index (χ1n) is 10.8. The number of fused-ring (bicyclic) bond motifs is 1. The van der Waals surface area contributed by atoms with Gasteiger partial charge in [-0.2, -0.15) is 0 Å². The van der Waals surface area contributed by atoms with E-state index < -0.39 is 19.3 Å². The minimum Gasteiger partial charge on any atom is -0.469 e. The minimum atomic E-state index is -1.76. The third kappa shape index (κ3) is 2.25. The van der Waals surface area contributed by atoms with Gasteiger partial charge in [0.25, 0.3) is 0 Å². The molecule has 4 bridgehead atoms. The van der Waals surface area contributed by atoms with Crippen LogP contribution in [0.15, 0.2) is 24.3 Å². The molecular weight excluding hydrogens is 384 g/mol. The molecule has 158 valence electrons. The van der Waals surface area contributed by atoms with Crippen LogP contribution in [0.3, 0.4) is 0 Å². The van der Waals surface area contributed by atoms with Gasteiger partial charge in [-0.1, -0.05) is 18.2 Å². The number of allylic oxidation sites excluding steroid dienone is 1. The smallest absolute Gasteiger partial charge is 0.313 e. The lowest BCUT2D eigenvalue weighted by atomic mass is 9.62. The topological polar surface area (TPSA) is 61.8 Å². The van der Waals surface area contributed by atoms with E-state index in [0.717, 1.165) is 19.3 Å². The number of hydrogen-bond acceptors (Lipinski definition) is 5. The summed E-state index contributed by atoms with van der Waals surface area (Å²) in [6, 6.07) is 0. The Bertz CT molecular complexity index is 843. The van der Waals surface area contributed by atoms with Gasteiger partial charge in [0.1, 0.15) is 5.60 Å². The zero-order chi connectivity index (χ0) is 21.0. The first-order valence-corrected chi connectivity index (χ1v) is 14.2. The summed E-state index contributed by atoms with van der Waals surface area (Å²) in [7, 11) is -0.296. The molecule has 0 aromatic carbocycles. The van der Waals surface area contributed by atoms with Crippen molar-refractivity contribution in [2.24, 2.45) is 34.5 Å². The van der Waals surface area contributed by atoms with Gasteiger partial charge >= 0.3 is 11.9 Å². The SMILES string of the molecule is C=C1C[C@]23CC1[C@H](O[Si](C)(C)C)C[C@H]2[C@@]12C=CCC(C)(C(=O)O1)[C@H]2[C@@H]3C(=O)OC. The van der Waals surface area contributed by atoms with E-state index in [0.29, 0.717) is 6.42 Å². The van der Waals surface area contributed by atoms with Crippen molar-refractivity contribution in [1.82, 2.24) is 0 Å². The average Bonchev–Trinajstić information content (AvgIpc) is 3.08. The lowest BCUT2D eigenvalue weighted by Gasteiger charge is -2.46. The van der Waals surface area contributed by atoms with Gasteiger partial charge in [-0.3, -0.25) is 9.59 Å². The molecule has 1 heterocycles. The highest BCUT2D eigenvalue weighted by Crippen LogP contribution is 2.77. The Morgan fingerprint density at radius 1 is 1.34 bits per heavy atom. The summed E-state index contributed by atoms with van der Waals surface area (Å²) in [6.45, 7) is 13.0. The van der Waals surface area contributed by atoms with Crippen LogP contribution in [-0.2, 0) is 23.5 Å². The minimum absolute atomic E-state index is 0.0586. The van der Waals surface area contributed by atoms with Crippen molar-refractivity contribution in [3.63, 3.8) is 0 Å². The van der Waals surface area contributed by atoms with E-state index >= 15 is 0 Å². The maximum atomic E-state index is 13.2. The highest BCUT2D eigenvalue weighted by Gasteiger charge is 2.81. The molecule has 1 saturated heterocycles. The Morgan fingerprint density at radius 3 is 2.72 bits per heavy atom. The average molecular weight is 417 g/mol. The van der Waals surface area contributed by atoms with Gasteiger partial charge in [0.2, 0.25) is 0 Å². The van der Waals surface area contributed by atoms with Crippen molar-refractivity contribution in [2.45, 2.75) is 64.0 Å². The van der Waals surface area contributed by atoms with Gasteiger partial charge in [-0.15, -0.1) is 0 Å². The first kappa shape index (κ1) is 19.6. The summed E-state index contributed by atoms with van der Waals surface area (Å²) in [5.41, 5.74) is -0.459. The second kappa shape index (κ2) is 5.64. The number of esters is 2. The molecule has 0 aromatic heterocycles. The van der Waals surface area contributed by atoms with E-state index in [4.69, 9.17) is 13.9 Å². The summed E-state index contributed by atoms with van der Waals surface area (Å²) in [6.07, 6.45) is 7.39. The standard InChI is InChI=1S/C23H32O5Si/c1-13-11-22-12-14(13)15(28-29(4,5)6)10-16(22)23-9-7-8-21(2,20(25)27-23)18(23)17(22)19(24)26-3/h7,9,14-18H,1,8,10-12H2,2-6H3/t14?,15-,16-,17-,18-,21?,22+,23-/m1/s1. The summed E-state index contributed by atoms with van der Waals surface area (Å²) in [4.78, 5) is 26.3. The van der Waals surface area contributed by atoms with E-state index in [-0.39, 0.29) is 47.1 Å². The third-order valence-electron chi connectivity index (χ3n) is 8.58. The zero-order valence-electron chi connectivity index (χ0n) is 18.1. The van der Waals surface area contributed by atoms with Crippen LogP contribution in [0.25, 0.3) is 0 Å². The van der Waals surface area contributed by atoms with Gasteiger partial charge in [0.05, 0.1) is 24.5 Å². The summed E-state index contributed by atoms with van der Waals surface area (Å²) in [5.74, 6) is -0.552. The molecule has 1 aliphatic heterocycles. The van der Waals surface area contributed by atoms with E-state index in [1.54, 1.807) is 0 Å². The van der Waals surface area contributed by atoms with Crippen LogP contribution < -0.4 is 0 Å².